The van der Waals surface area contributed by atoms with Gasteiger partial charge in [0.05, 0.1) is 5.69 Å². The Balaban J connectivity index is 2.57. The van der Waals surface area contributed by atoms with Crippen LogP contribution >= 0.6 is 0 Å². The van der Waals surface area contributed by atoms with Crippen molar-refractivity contribution in [3.8, 4) is 11.4 Å². The molecule has 2 N–H and O–H groups in total. The smallest absolute Gasteiger partial charge is 0.186 e. The number of hydrogen-bond acceptors (Lipinski definition) is 3. The van der Waals surface area contributed by atoms with Gasteiger partial charge < -0.3 is 5.73 Å². The Morgan fingerprint density at radius 3 is 2.56 bits per heavy atom. The highest BCUT2D eigenvalue weighted by atomic mass is 19.1. The Bertz CT molecular complexity index is 517. The molecule has 82 valence electrons. The van der Waals surface area contributed by atoms with E-state index in [0.29, 0.717) is 5.56 Å². The van der Waals surface area contributed by atoms with Gasteiger partial charge in [-0.2, -0.15) is 0 Å². The predicted octanol–water partition coefficient (Wildman–Crippen LogP) is 2.31. The van der Waals surface area contributed by atoms with E-state index in [1.54, 1.807) is 6.07 Å². The fraction of sp³-hybridized carbons (Fsp3) is 0.0909. The highest BCUT2D eigenvalue weighted by Gasteiger charge is 2.10. The molecule has 3 nitrogen and oxygen atoms in total. The number of anilines is 1. The lowest BCUT2D eigenvalue weighted by atomic mass is 10.2. The van der Waals surface area contributed by atoms with Gasteiger partial charge in [-0.1, -0.05) is 12.1 Å². The van der Waals surface area contributed by atoms with Crippen LogP contribution in [0.15, 0.2) is 24.3 Å². The topological polar surface area (TPSA) is 51.8 Å². The molecule has 0 spiro atoms. The molecular weight excluding hydrogens is 212 g/mol. The van der Waals surface area contributed by atoms with E-state index >= 15 is 0 Å². The van der Waals surface area contributed by atoms with Crippen LogP contribution in [0.4, 0.5) is 14.6 Å². The van der Waals surface area contributed by atoms with E-state index in [1.807, 2.05) is 0 Å². The molecule has 0 atom stereocenters. The minimum atomic E-state index is -0.639. The van der Waals surface area contributed by atoms with Crippen molar-refractivity contribution in [3.63, 3.8) is 0 Å². The second-order valence-electron chi connectivity index (χ2n) is 3.34. The number of aryl methyl sites for hydroxylation is 1. The maximum atomic E-state index is 13.2. The van der Waals surface area contributed by atoms with Crippen LogP contribution in [-0.2, 0) is 0 Å². The maximum Gasteiger partial charge on any atom is 0.186 e. The number of nitrogens with zero attached hydrogens (tertiary/aromatic N) is 2. The van der Waals surface area contributed by atoms with Gasteiger partial charge in [-0.15, -0.1) is 0 Å². The van der Waals surface area contributed by atoms with Crippen molar-refractivity contribution in [1.82, 2.24) is 9.97 Å². The minimum absolute atomic E-state index is 0.145. The van der Waals surface area contributed by atoms with Gasteiger partial charge >= 0.3 is 0 Å². The third-order valence-corrected chi connectivity index (χ3v) is 2.13. The van der Waals surface area contributed by atoms with Crippen molar-refractivity contribution >= 4 is 5.82 Å². The Morgan fingerprint density at radius 1 is 1.19 bits per heavy atom. The average molecular weight is 221 g/mol. The molecule has 1 heterocycles. The van der Waals surface area contributed by atoms with Gasteiger partial charge in [0.1, 0.15) is 5.82 Å². The maximum absolute atomic E-state index is 13.2. The molecule has 0 saturated heterocycles. The molecule has 0 fully saturated rings. The van der Waals surface area contributed by atoms with Crippen LogP contribution in [0.5, 0.6) is 0 Å². The quantitative estimate of drug-likeness (QED) is 0.803. The summed E-state index contributed by atoms with van der Waals surface area (Å²) in [6.45, 7) is 1.48. The first kappa shape index (κ1) is 10.5. The fourth-order valence-electron chi connectivity index (χ4n) is 1.34. The number of halogens is 2. The number of aromatic nitrogens is 2. The van der Waals surface area contributed by atoms with E-state index in [-0.39, 0.29) is 17.3 Å². The van der Waals surface area contributed by atoms with Crippen molar-refractivity contribution < 1.29 is 8.78 Å². The normalized spacial score (nSPS) is 10.4. The van der Waals surface area contributed by atoms with E-state index in [1.165, 1.54) is 25.1 Å². The Hall–Kier alpha value is -2.04. The molecule has 0 amide bonds. The highest BCUT2D eigenvalue weighted by molar-refractivity contribution is 5.57. The standard InChI is InChI=1S/C11H9F2N3/c1-6-9(13)10(14)16-11(15-6)7-3-2-4-8(12)5-7/h2-5H,1H3,(H2,14,15,16). The summed E-state index contributed by atoms with van der Waals surface area (Å²) in [4.78, 5) is 7.68. The van der Waals surface area contributed by atoms with Crippen LogP contribution < -0.4 is 5.73 Å². The summed E-state index contributed by atoms with van der Waals surface area (Å²) in [6, 6.07) is 5.74. The molecule has 5 heteroatoms. The number of nitrogens with two attached hydrogens (primary N) is 1. The second kappa shape index (κ2) is 3.84. The number of benzene rings is 1. The lowest BCUT2D eigenvalue weighted by Gasteiger charge is -2.04. The minimum Gasteiger partial charge on any atom is -0.381 e. The lowest BCUT2D eigenvalue weighted by molar-refractivity contribution is 0.608. The third-order valence-electron chi connectivity index (χ3n) is 2.13. The van der Waals surface area contributed by atoms with Crippen LogP contribution in [-0.4, -0.2) is 9.97 Å². The van der Waals surface area contributed by atoms with Crippen molar-refractivity contribution in [1.29, 1.82) is 0 Å². The van der Waals surface area contributed by atoms with Gasteiger partial charge in [-0.25, -0.2) is 18.7 Å². The third kappa shape index (κ3) is 1.84. The van der Waals surface area contributed by atoms with Crippen LogP contribution in [0.1, 0.15) is 5.69 Å². The van der Waals surface area contributed by atoms with Crippen LogP contribution in [0.3, 0.4) is 0 Å². The number of nitrogen functional groups attached to an aromatic ring is 1. The molecule has 0 saturated carbocycles. The van der Waals surface area contributed by atoms with E-state index in [4.69, 9.17) is 5.73 Å². The van der Waals surface area contributed by atoms with Crippen LogP contribution in [0.2, 0.25) is 0 Å². The molecule has 1 aromatic carbocycles. The fourth-order valence-corrected chi connectivity index (χ4v) is 1.34. The zero-order valence-electron chi connectivity index (χ0n) is 8.54. The molecule has 0 aliphatic carbocycles. The molecule has 0 bridgehead atoms. The van der Waals surface area contributed by atoms with E-state index in [0.717, 1.165) is 0 Å². The molecule has 1 aromatic heterocycles. The molecule has 16 heavy (non-hydrogen) atoms. The van der Waals surface area contributed by atoms with Crippen LogP contribution in [0.25, 0.3) is 11.4 Å². The molecule has 0 radical (unpaired) electrons. The van der Waals surface area contributed by atoms with Gasteiger partial charge in [0.2, 0.25) is 0 Å². The number of hydrogen-bond donors (Lipinski definition) is 1. The van der Waals surface area contributed by atoms with Crippen molar-refractivity contribution in [2.45, 2.75) is 6.92 Å². The Morgan fingerprint density at radius 2 is 1.94 bits per heavy atom. The van der Waals surface area contributed by atoms with E-state index in [2.05, 4.69) is 9.97 Å². The van der Waals surface area contributed by atoms with Crippen molar-refractivity contribution in [3.05, 3.63) is 41.6 Å². The first-order valence-electron chi connectivity index (χ1n) is 4.63. The first-order valence-corrected chi connectivity index (χ1v) is 4.63. The summed E-state index contributed by atoms with van der Waals surface area (Å²) in [7, 11) is 0. The zero-order chi connectivity index (χ0) is 11.7. The molecule has 0 aliphatic heterocycles. The van der Waals surface area contributed by atoms with Gasteiger partial charge in [0.25, 0.3) is 0 Å². The largest absolute Gasteiger partial charge is 0.381 e. The summed E-state index contributed by atoms with van der Waals surface area (Å²) in [6.07, 6.45) is 0. The van der Waals surface area contributed by atoms with Gasteiger partial charge in [0.15, 0.2) is 17.5 Å². The monoisotopic (exact) mass is 221 g/mol. The van der Waals surface area contributed by atoms with Crippen molar-refractivity contribution in [2.75, 3.05) is 5.73 Å². The average Bonchev–Trinajstić information content (AvgIpc) is 2.25. The molecule has 0 aliphatic rings. The van der Waals surface area contributed by atoms with E-state index in [9.17, 15) is 8.78 Å². The number of rotatable bonds is 1. The highest BCUT2D eigenvalue weighted by Crippen LogP contribution is 2.19. The Kier molecular flexibility index (Phi) is 2.52. The lowest BCUT2D eigenvalue weighted by Crippen LogP contribution is -2.02. The summed E-state index contributed by atoms with van der Waals surface area (Å²) >= 11 is 0. The Labute approximate surface area is 91.0 Å². The molecule has 2 aromatic rings. The van der Waals surface area contributed by atoms with Gasteiger partial charge in [-0.05, 0) is 19.1 Å². The van der Waals surface area contributed by atoms with Gasteiger partial charge in [0, 0.05) is 5.56 Å². The van der Waals surface area contributed by atoms with Crippen LogP contribution in [0, 0.1) is 18.6 Å². The second-order valence-corrected chi connectivity index (χ2v) is 3.34. The zero-order valence-corrected chi connectivity index (χ0v) is 8.54. The van der Waals surface area contributed by atoms with E-state index < -0.39 is 11.6 Å². The molecule has 0 unspecified atom stereocenters. The summed E-state index contributed by atoms with van der Waals surface area (Å²) < 4.78 is 26.2. The SMILES string of the molecule is Cc1nc(-c2cccc(F)c2)nc(N)c1F. The van der Waals surface area contributed by atoms with Crippen molar-refractivity contribution in [2.24, 2.45) is 0 Å². The summed E-state index contributed by atoms with van der Waals surface area (Å²) in [5.41, 5.74) is 5.99. The summed E-state index contributed by atoms with van der Waals surface area (Å²) in [5, 5.41) is 0. The molecule has 2 rings (SSSR count). The molecular formula is C11H9F2N3. The van der Waals surface area contributed by atoms with Gasteiger partial charge in [-0.3, -0.25) is 0 Å². The predicted molar refractivity (Wildman–Crippen MR) is 56.5 cm³/mol. The summed E-state index contributed by atoms with van der Waals surface area (Å²) in [5.74, 6) is -1.05. The first-order chi connectivity index (χ1) is 7.58.